The second kappa shape index (κ2) is 4.20. The Bertz CT molecular complexity index is 538. The van der Waals surface area contributed by atoms with E-state index in [1.54, 1.807) is 13.8 Å². The van der Waals surface area contributed by atoms with E-state index in [1.807, 2.05) is 0 Å². The average molecular weight is 348 g/mol. The molecule has 0 amide bonds. The van der Waals surface area contributed by atoms with Crippen LogP contribution < -0.4 is 5.14 Å². The third kappa shape index (κ3) is 2.36. The second-order valence-corrected chi connectivity index (χ2v) is 8.39. The Hall–Kier alpha value is 0.330. The first-order chi connectivity index (χ1) is 8.97. The summed E-state index contributed by atoms with van der Waals surface area (Å²) in [6, 6.07) is 0. The van der Waals surface area contributed by atoms with Crippen LogP contribution in [-0.4, -0.2) is 43.6 Å². The minimum absolute atomic E-state index is 0.0732. The largest absolute Gasteiger partial charge is 0.345 e. The maximum absolute atomic E-state index is 11.0. The van der Waals surface area contributed by atoms with Crippen LogP contribution in [0.25, 0.3) is 0 Å². The quantitative estimate of drug-likeness (QED) is 0.747. The minimum Gasteiger partial charge on any atom is -0.345 e. The Kier molecular flexibility index (Phi) is 3.20. The van der Waals surface area contributed by atoms with Crippen LogP contribution in [0.2, 0.25) is 0 Å². The van der Waals surface area contributed by atoms with E-state index in [1.165, 1.54) is 0 Å². The first kappa shape index (κ1) is 15.2. The Morgan fingerprint density at radius 3 is 2.65 bits per heavy atom. The molecule has 1 saturated carbocycles. The van der Waals surface area contributed by atoms with E-state index in [4.69, 9.17) is 42.6 Å². The van der Waals surface area contributed by atoms with Gasteiger partial charge in [-0.1, -0.05) is 0 Å². The van der Waals surface area contributed by atoms with Crippen molar-refractivity contribution in [3.05, 3.63) is 0 Å². The topological polar surface area (TPSA) is 97.1 Å². The lowest BCUT2D eigenvalue weighted by atomic mass is 10.0. The van der Waals surface area contributed by atoms with Gasteiger partial charge in [0.25, 0.3) is 0 Å². The van der Waals surface area contributed by atoms with Crippen molar-refractivity contribution in [3.63, 3.8) is 0 Å². The lowest BCUT2D eigenvalue weighted by Gasteiger charge is -2.34. The number of hydrogen-bond acceptors (Lipinski definition) is 6. The summed E-state index contributed by atoms with van der Waals surface area (Å²) in [5.41, 5.74) is 0. The van der Waals surface area contributed by atoms with Crippen molar-refractivity contribution < 1.29 is 26.8 Å². The highest BCUT2D eigenvalue weighted by Gasteiger charge is 2.77. The van der Waals surface area contributed by atoms with Crippen molar-refractivity contribution in [2.45, 2.75) is 35.9 Å². The summed E-state index contributed by atoms with van der Waals surface area (Å²) >= 11 is 12.4. The van der Waals surface area contributed by atoms with Gasteiger partial charge in [0.2, 0.25) is 5.79 Å². The maximum atomic E-state index is 11.0. The van der Waals surface area contributed by atoms with Crippen LogP contribution in [0.1, 0.15) is 13.8 Å². The molecule has 20 heavy (non-hydrogen) atoms. The lowest BCUT2D eigenvalue weighted by molar-refractivity contribution is -0.276. The normalized spacial score (nSPS) is 44.8. The zero-order valence-electron chi connectivity index (χ0n) is 10.8. The smallest absolute Gasteiger partial charge is 0.333 e. The van der Waals surface area contributed by atoms with E-state index in [-0.39, 0.29) is 18.4 Å². The molecule has 3 fully saturated rings. The second-order valence-electron chi connectivity index (χ2n) is 5.72. The SMILES string of the molecule is CC1(C)O[C@H]2[C@H]3C(CO[C@@]2(COS(N)(=O)=O)O1)C3(Cl)Cl. The number of rotatable bonds is 3. The molecule has 116 valence electrons. The van der Waals surface area contributed by atoms with Crippen molar-refractivity contribution in [2.24, 2.45) is 17.0 Å². The van der Waals surface area contributed by atoms with E-state index < -0.39 is 38.9 Å². The minimum atomic E-state index is -4.12. The van der Waals surface area contributed by atoms with Crippen molar-refractivity contribution >= 4 is 33.5 Å². The molecule has 0 aromatic carbocycles. The lowest BCUT2D eigenvalue weighted by Crippen LogP contribution is -2.52. The number of fused-ring (bicyclic) bond motifs is 3. The number of halogens is 2. The summed E-state index contributed by atoms with van der Waals surface area (Å²) in [5.74, 6) is -2.61. The van der Waals surface area contributed by atoms with Gasteiger partial charge in [0, 0.05) is 11.8 Å². The van der Waals surface area contributed by atoms with Crippen LogP contribution in [0.3, 0.4) is 0 Å². The molecular formula is C10H15Cl2NO6S. The van der Waals surface area contributed by atoms with E-state index in [0.29, 0.717) is 0 Å². The molecular weight excluding hydrogens is 333 g/mol. The summed E-state index contributed by atoms with van der Waals surface area (Å²) in [4.78, 5) is 0. The highest BCUT2D eigenvalue weighted by atomic mass is 35.5. The fourth-order valence-electron chi connectivity index (χ4n) is 2.94. The van der Waals surface area contributed by atoms with Gasteiger partial charge in [-0.3, -0.25) is 4.18 Å². The molecule has 0 aromatic rings. The zero-order valence-corrected chi connectivity index (χ0v) is 13.2. The Balaban J connectivity index is 1.87. The summed E-state index contributed by atoms with van der Waals surface area (Å²) in [7, 11) is -4.12. The monoisotopic (exact) mass is 347 g/mol. The standard InChI is InChI=1S/C10H15Cl2NO6S/c1-8(2)18-7-6-5(10(6,11)12)3-16-9(7,19-8)4-17-20(13,14)15/h5-7H,3-4H2,1-2H3,(H2,13,14,15)/t5?,6-,7+,9+/m1/s1. The van der Waals surface area contributed by atoms with Gasteiger partial charge in [-0.05, 0) is 13.8 Å². The van der Waals surface area contributed by atoms with E-state index in [2.05, 4.69) is 4.18 Å². The molecule has 2 heterocycles. The first-order valence-corrected chi connectivity index (χ1v) is 8.27. The van der Waals surface area contributed by atoms with Crippen LogP contribution in [0.4, 0.5) is 0 Å². The number of hydrogen-bond donors (Lipinski definition) is 1. The van der Waals surface area contributed by atoms with Gasteiger partial charge in [0.15, 0.2) is 5.79 Å². The van der Waals surface area contributed by atoms with Gasteiger partial charge >= 0.3 is 10.3 Å². The number of ether oxygens (including phenoxy) is 3. The van der Waals surface area contributed by atoms with Gasteiger partial charge in [0.05, 0.1) is 6.61 Å². The molecule has 4 atom stereocenters. The number of alkyl halides is 2. The fourth-order valence-corrected chi connectivity index (χ4v) is 4.08. The molecule has 2 saturated heterocycles. The molecule has 0 aromatic heterocycles. The van der Waals surface area contributed by atoms with Gasteiger partial charge in [-0.15, -0.1) is 23.2 Å². The molecule has 3 aliphatic rings. The first-order valence-electron chi connectivity index (χ1n) is 6.04. The van der Waals surface area contributed by atoms with Gasteiger partial charge in [-0.25, -0.2) is 5.14 Å². The Morgan fingerprint density at radius 1 is 1.40 bits per heavy atom. The van der Waals surface area contributed by atoms with Gasteiger partial charge < -0.3 is 14.2 Å². The molecule has 1 unspecified atom stereocenters. The predicted molar refractivity (Wildman–Crippen MR) is 69.2 cm³/mol. The van der Waals surface area contributed by atoms with Crippen molar-refractivity contribution in [3.8, 4) is 0 Å². The third-order valence-electron chi connectivity index (χ3n) is 3.78. The summed E-state index contributed by atoms with van der Waals surface area (Å²) in [5, 5.41) is 4.84. The molecule has 7 nitrogen and oxygen atoms in total. The summed E-state index contributed by atoms with van der Waals surface area (Å²) < 4.78 is 42.8. The van der Waals surface area contributed by atoms with Crippen molar-refractivity contribution in [2.75, 3.05) is 13.2 Å². The van der Waals surface area contributed by atoms with Crippen LogP contribution >= 0.6 is 23.2 Å². The van der Waals surface area contributed by atoms with E-state index in [0.717, 1.165) is 0 Å². The van der Waals surface area contributed by atoms with Crippen LogP contribution in [0.15, 0.2) is 0 Å². The highest BCUT2D eigenvalue weighted by molar-refractivity contribution is 7.84. The molecule has 0 spiro atoms. The maximum Gasteiger partial charge on any atom is 0.333 e. The van der Waals surface area contributed by atoms with E-state index in [9.17, 15) is 8.42 Å². The molecule has 10 heteroatoms. The van der Waals surface area contributed by atoms with Crippen LogP contribution in [-0.2, 0) is 28.7 Å². The molecule has 0 bridgehead atoms. The van der Waals surface area contributed by atoms with Gasteiger partial charge in [0.1, 0.15) is 17.0 Å². The van der Waals surface area contributed by atoms with E-state index >= 15 is 0 Å². The zero-order chi connectivity index (χ0) is 15.0. The molecule has 2 N–H and O–H groups in total. The number of nitrogens with two attached hydrogens (primary N) is 1. The summed E-state index contributed by atoms with van der Waals surface area (Å²) in [6.45, 7) is 3.21. The third-order valence-corrected chi connectivity index (χ3v) is 5.29. The predicted octanol–water partition coefficient (Wildman–Crippen LogP) is 0.504. The Morgan fingerprint density at radius 2 is 2.05 bits per heavy atom. The Labute approximate surface area is 126 Å². The molecule has 0 radical (unpaired) electrons. The fraction of sp³-hybridized carbons (Fsp3) is 1.00. The highest BCUT2D eigenvalue weighted by Crippen LogP contribution is 2.67. The molecule has 3 rings (SSSR count). The average Bonchev–Trinajstić information content (AvgIpc) is 2.68. The molecule has 1 aliphatic carbocycles. The molecule has 2 aliphatic heterocycles. The van der Waals surface area contributed by atoms with Crippen molar-refractivity contribution in [1.82, 2.24) is 0 Å². The van der Waals surface area contributed by atoms with Crippen molar-refractivity contribution in [1.29, 1.82) is 0 Å². The van der Waals surface area contributed by atoms with Crippen LogP contribution in [0.5, 0.6) is 0 Å². The van der Waals surface area contributed by atoms with Crippen LogP contribution in [0, 0.1) is 11.8 Å². The van der Waals surface area contributed by atoms with Gasteiger partial charge in [-0.2, -0.15) is 8.42 Å². The summed E-state index contributed by atoms with van der Waals surface area (Å²) in [6.07, 6.45) is -0.618.